The van der Waals surface area contributed by atoms with E-state index >= 15 is 0 Å². The van der Waals surface area contributed by atoms with Crippen molar-refractivity contribution in [3.8, 4) is 0 Å². The van der Waals surface area contributed by atoms with Gasteiger partial charge in [-0.3, -0.25) is 0 Å². The fourth-order valence-electron chi connectivity index (χ4n) is 0. The number of rotatable bonds is 0. The molecule has 4 heteroatoms. The smallest absolute Gasteiger partial charge is 2.00 e. The molecule has 25 valence electrons. The summed E-state index contributed by atoms with van der Waals surface area (Å²) in [6.45, 7) is 0. The maximum Gasteiger partial charge on any atom is 2.00 e. The van der Waals surface area contributed by atoms with Gasteiger partial charge in [0.2, 0.25) is 0 Å². The van der Waals surface area contributed by atoms with Gasteiger partial charge in [-0.25, -0.2) is 0 Å². The molecule has 0 unspecified atom stereocenters. The Hall–Kier alpha value is 1.57. The first-order valence-electron chi connectivity index (χ1n) is 0. The molecule has 0 saturated carbocycles. The molecule has 0 aromatic carbocycles. The summed E-state index contributed by atoms with van der Waals surface area (Å²) in [5.74, 6) is 0. The number of hydrogen-bond donors (Lipinski definition) is 0. The first-order chi connectivity index (χ1) is 0. The minimum atomic E-state index is 0. The molecule has 5 radical (unpaired) electrons. The number of hydrogen-bond acceptors (Lipinski definition) is 0. The van der Waals surface area contributed by atoms with E-state index in [0.29, 0.717) is 0 Å². The average molecular weight is 151 g/mol. The van der Waals surface area contributed by atoms with Gasteiger partial charge in [-0.05, 0) is 0 Å². The molecule has 0 rings (SSSR count). The van der Waals surface area contributed by atoms with Crippen molar-refractivity contribution in [1.82, 2.24) is 0 Å². The predicted molar refractivity (Wildman–Crippen MR) is 22.1 cm³/mol. The molecular weight excluding hydrogens is 151 g/mol. The molecule has 0 aliphatic heterocycles. The van der Waals surface area contributed by atoms with Crippen LogP contribution in [0.2, 0.25) is 0 Å². The van der Waals surface area contributed by atoms with Crippen LogP contribution in [0.1, 0.15) is 0 Å². The average Bonchev–Trinajstić information content (AvgIpc) is 0. The van der Waals surface area contributed by atoms with Gasteiger partial charge in [-0.15, -0.1) is 0 Å². The van der Waals surface area contributed by atoms with E-state index < -0.39 is 0 Å². The Kier molecular flexibility index (Phi) is 279. The van der Waals surface area contributed by atoms with E-state index in [-0.39, 0.29) is 57.6 Å². The van der Waals surface area contributed by atoms with E-state index in [0.717, 1.165) is 0 Å². The van der Waals surface area contributed by atoms with E-state index in [4.69, 9.17) is 0 Å². The first-order valence-corrected chi connectivity index (χ1v) is 0. The van der Waals surface area contributed by atoms with Crippen LogP contribution in [0.15, 0.2) is 0 Å². The fourth-order valence-corrected chi connectivity index (χ4v) is 0. The zero-order valence-corrected chi connectivity index (χ0v) is 5.23. The Morgan fingerprint density at radius 2 is 0.750 bits per heavy atom. The summed E-state index contributed by atoms with van der Waals surface area (Å²) in [7, 11) is 0. The molecule has 0 aliphatic carbocycles. The third-order valence-electron chi connectivity index (χ3n) is 0. The Labute approximate surface area is 57.5 Å². The van der Waals surface area contributed by atoms with Crippen molar-refractivity contribution >= 4 is 40.5 Å². The normalized spacial score (nSPS) is 0. The Balaban J connectivity index is 0. The maximum absolute atomic E-state index is 0. The zero-order valence-electron chi connectivity index (χ0n) is 1.60. The van der Waals surface area contributed by atoms with Crippen molar-refractivity contribution in [2.45, 2.75) is 0 Å². The summed E-state index contributed by atoms with van der Waals surface area (Å²) < 4.78 is 0. The molecule has 0 amide bonds. The predicted octanol–water partition coefficient (Wildman–Crippen LogP) is -0.00970. The summed E-state index contributed by atoms with van der Waals surface area (Å²) in [5.41, 5.74) is 0. The largest absolute Gasteiger partial charge is 2.00 e. The van der Waals surface area contributed by atoms with Gasteiger partial charge in [0.1, 0.15) is 0 Å². The minimum absolute atomic E-state index is 0. The van der Waals surface area contributed by atoms with Gasteiger partial charge in [-0.1, -0.05) is 0 Å². The molecule has 0 atom stereocenters. The van der Waals surface area contributed by atoms with Crippen LogP contribution in [0, 0.1) is 0 Å². The molecule has 4 heavy (non-hydrogen) atoms. The Bertz CT molecular complexity index is 3.25. The summed E-state index contributed by atoms with van der Waals surface area (Å²) in [5, 5.41) is 0. The second-order valence-electron chi connectivity index (χ2n) is 0. The summed E-state index contributed by atoms with van der Waals surface area (Å²) in [4.78, 5) is 0. The summed E-state index contributed by atoms with van der Waals surface area (Å²) in [6.07, 6.45) is 0. The summed E-state index contributed by atoms with van der Waals surface area (Å²) in [6, 6.07) is 0. The van der Waals surface area contributed by atoms with Crippen molar-refractivity contribution < 1.29 is 17.1 Å². The van der Waals surface area contributed by atoms with E-state index in [1.807, 2.05) is 0 Å². The van der Waals surface area contributed by atoms with Crippen molar-refractivity contribution in [3.63, 3.8) is 0 Å². The molecule has 0 aromatic heterocycles. The summed E-state index contributed by atoms with van der Waals surface area (Å²) >= 11 is 0. The SMILES string of the molecule is [Mn+2].[S+2].[S-2].[S-2]. The first kappa shape index (κ1) is 47.2. The van der Waals surface area contributed by atoms with Crippen molar-refractivity contribution in [2.75, 3.05) is 0 Å². The molecule has 0 nitrogen and oxygen atoms in total. The monoisotopic (exact) mass is 151 g/mol. The molecule has 0 fully saturated rings. The molecule has 0 aliphatic rings. The Morgan fingerprint density at radius 3 is 0.750 bits per heavy atom. The molecule has 0 N–H and O–H groups in total. The minimum Gasteiger partial charge on any atom is -2.00 e. The van der Waals surface area contributed by atoms with Crippen LogP contribution in [0.4, 0.5) is 0 Å². The van der Waals surface area contributed by atoms with E-state index in [1.54, 1.807) is 0 Å². The third kappa shape index (κ3) is 9.57. The van der Waals surface area contributed by atoms with Crippen LogP contribution in [-0.4, -0.2) is 0 Å². The van der Waals surface area contributed by atoms with E-state index in [9.17, 15) is 0 Å². The van der Waals surface area contributed by atoms with Crippen LogP contribution in [0.25, 0.3) is 0 Å². The van der Waals surface area contributed by atoms with Crippen LogP contribution in [0.3, 0.4) is 0 Å². The fraction of sp³-hybridized carbons (Fsp3) is 0. The van der Waals surface area contributed by atoms with Crippen LogP contribution in [0.5, 0.6) is 0 Å². The second-order valence-corrected chi connectivity index (χ2v) is 0. The van der Waals surface area contributed by atoms with Crippen molar-refractivity contribution in [3.05, 3.63) is 0 Å². The van der Waals surface area contributed by atoms with Crippen LogP contribution in [-0.2, 0) is 57.6 Å². The van der Waals surface area contributed by atoms with Crippen molar-refractivity contribution in [2.24, 2.45) is 0 Å². The standard InChI is InChI=1S/Mn.3S/q+2;2*-2;+2. The Morgan fingerprint density at radius 1 is 0.750 bits per heavy atom. The van der Waals surface area contributed by atoms with Gasteiger partial charge < -0.3 is 27.0 Å². The van der Waals surface area contributed by atoms with Gasteiger partial charge in [0, 0.05) is 0 Å². The maximum atomic E-state index is 0. The second kappa shape index (κ2) is 23.6. The quantitative estimate of drug-likeness (QED) is 0.427. The zero-order chi connectivity index (χ0) is 0. The molecule has 0 heterocycles. The van der Waals surface area contributed by atoms with Gasteiger partial charge in [-0.2, -0.15) is 0 Å². The topological polar surface area (TPSA) is 0 Å². The van der Waals surface area contributed by atoms with Crippen LogP contribution < -0.4 is 0 Å². The van der Waals surface area contributed by atoms with Gasteiger partial charge >= 0.3 is 30.6 Å². The molecular formula is MnS3. The van der Waals surface area contributed by atoms with Crippen LogP contribution >= 0.6 is 0 Å². The van der Waals surface area contributed by atoms with Gasteiger partial charge in [0.15, 0.2) is 0 Å². The molecule has 0 aromatic rings. The molecule has 0 bridgehead atoms. The van der Waals surface area contributed by atoms with E-state index in [1.165, 1.54) is 0 Å². The third-order valence-corrected chi connectivity index (χ3v) is 0. The van der Waals surface area contributed by atoms with Crippen molar-refractivity contribution in [1.29, 1.82) is 0 Å². The van der Waals surface area contributed by atoms with Gasteiger partial charge in [0.05, 0.1) is 0 Å². The molecule has 0 spiro atoms. The van der Waals surface area contributed by atoms with E-state index in [2.05, 4.69) is 0 Å². The molecule has 0 saturated heterocycles. The van der Waals surface area contributed by atoms with Gasteiger partial charge in [0.25, 0.3) is 0 Å².